The number of hydrogen-bond donors (Lipinski definition) is 2. The highest BCUT2D eigenvalue weighted by atomic mass is 32.1. The van der Waals surface area contributed by atoms with Gasteiger partial charge < -0.3 is 15.6 Å². The van der Waals surface area contributed by atoms with Crippen LogP contribution in [0.2, 0.25) is 0 Å². The lowest BCUT2D eigenvalue weighted by Gasteiger charge is -2.22. The van der Waals surface area contributed by atoms with E-state index >= 15 is 0 Å². The third-order valence-corrected chi connectivity index (χ3v) is 3.56. The van der Waals surface area contributed by atoms with Crippen molar-refractivity contribution in [2.45, 2.75) is 32.4 Å². The van der Waals surface area contributed by atoms with Gasteiger partial charge in [0, 0.05) is 10.4 Å². The number of hydrogen-bond acceptors (Lipinski definition) is 4. The molecule has 0 unspecified atom stereocenters. The number of aromatic hydroxyl groups is 1. The molecule has 0 fully saturated rings. The van der Waals surface area contributed by atoms with Crippen LogP contribution in [0.1, 0.15) is 37.3 Å². The zero-order chi connectivity index (χ0) is 14.0. The van der Waals surface area contributed by atoms with Crippen LogP contribution in [0, 0.1) is 0 Å². The summed E-state index contributed by atoms with van der Waals surface area (Å²) in [5.74, 6) is 0.912. The summed E-state index contributed by atoms with van der Waals surface area (Å²) in [7, 11) is 0. The van der Waals surface area contributed by atoms with Crippen LogP contribution in [-0.4, -0.2) is 10.7 Å². The molecule has 0 saturated carbocycles. The molecule has 3 nitrogen and oxygen atoms in total. The number of ether oxygens (including phenoxy) is 1. The van der Waals surface area contributed by atoms with Crippen molar-refractivity contribution in [2.24, 2.45) is 5.73 Å². The molecule has 0 aliphatic heterocycles. The Morgan fingerprint density at radius 2 is 2.00 bits per heavy atom. The molecule has 4 heteroatoms. The number of benzene rings is 1. The fourth-order valence-corrected chi connectivity index (χ4v) is 2.57. The standard InChI is InChI=1S/C15H19NO2S/c1-15(2,3)18-10-6-7-12(17)11(9-10)14(16)13-5-4-8-19-13/h4-9,14,17H,16H2,1-3H3/t14-/m1/s1. The van der Waals surface area contributed by atoms with E-state index in [4.69, 9.17) is 10.5 Å². The lowest BCUT2D eigenvalue weighted by Crippen LogP contribution is -2.23. The molecule has 0 aliphatic rings. The van der Waals surface area contributed by atoms with Gasteiger partial charge in [-0.15, -0.1) is 11.3 Å². The average molecular weight is 277 g/mol. The van der Waals surface area contributed by atoms with Crippen LogP contribution in [0.4, 0.5) is 0 Å². The number of phenols is 1. The second-order valence-corrected chi connectivity index (χ2v) is 6.41. The third kappa shape index (κ3) is 3.49. The van der Waals surface area contributed by atoms with Crippen LogP contribution in [0.25, 0.3) is 0 Å². The van der Waals surface area contributed by atoms with Crippen molar-refractivity contribution in [1.82, 2.24) is 0 Å². The highest BCUT2D eigenvalue weighted by Gasteiger charge is 2.17. The van der Waals surface area contributed by atoms with E-state index in [0.717, 1.165) is 4.88 Å². The minimum absolute atomic E-state index is 0.196. The first-order valence-corrected chi connectivity index (χ1v) is 7.06. The van der Waals surface area contributed by atoms with Crippen LogP contribution in [0.15, 0.2) is 35.7 Å². The van der Waals surface area contributed by atoms with Gasteiger partial charge in [-0.1, -0.05) is 6.07 Å². The second-order valence-electron chi connectivity index (χ2n) is 5.43. The Hall–Kier alpha value is -1.52. The molecule has 1 aromatic carbocycles. The summed E-state index contributed by atoms with van der Waals surface area (Å²) in [5, 5.41) is 11.9. The van der Waals surface area contributed by atoms with Crippen molar-refractivity contribution in [1.29, 1.82) is 0 Å². The Balaban J connectivity index is 2.32. The van der Waals surface area contributed by atoms with E-state index < -0.39 is 0 Å². The lowest BCUT2D eigenvalue weighted by molar-refractivity contribution is 0.130. The monoisotopic (exact) mass is 277 g/mol. The Labute approximate surface area is 117 Å². The molecule has 1 atom stereocenters. The predicted molar refractivity (Wildman–Crippen MR) is 78.8 cm³/mol. The number of nitrogens with two attached hydrogens (primary N) is 1. The molecule has 0 saturated heterocycles. The van der Waals surface area contributed by atoms with Gasteiger partial charge in [0.25, 0.3) is 0 Å². The van der Waals surface area contributed by atoms with Gasteiger partial charge in [-0.05, 0) is 50.4 Å². The van der Waals surface area contributed by atoms with E-state index in [2.05, 4.69) is 0 Å². The van der Waals surface area contributed by atoms with Crippen molar-refractivity contribution in [3.8, 4) is 11.5 Å². The maximum atomic E-state index is 9.97. The molecule has 0 spiro atoms. The number of phenolic OH excluding ortho intramolecular Hbond substituents is 1. The highest BCUT2D eigenvalue weighted by Crippen LogP contribution is 2.33. The third-order valence-electron chi connectivity index (χ3n) is 2.61. The molecule has 2 aromatic rings. The van der Waals surface area contributed by atoms with Gasteiger partial charge in [-0.25, -0.2) is 0 Å². The number of rotatable bonds is 3. The van der Waals surface area contributed by atoms with Crippen molar-refractivity contribution < 1.29 is 9.84 Å². The second kappa shape index (κ2) is 5.23. The van der Waals surface area contributed by atoms with Gasteiger partial charge in [0.15, 0.2) is 0 Å². The normalized spacial score (nSPS) is 13.3. The lowest BCUT2D eigenvalue weighted by atomic mass is 10.0. The minimum atomic E-state index is -0.330. The van der Waals surface area contributed by atoms with E-state index in [1.807, 2.05) is 44.4 Å². The topological polar surface area (TPSA) is 55.5 Å². The average Bonchev–Trinajstić information content (AvgIpc) is 2.82. The molecule has 0 radical (unpaired) electrons. The molecule has 0 bridgehead atoms. The van der Waals surface area contributed by atoms with E-state index in [1.54, 1.807) is 23.5 Å². The fraction of sp³-hybridized carbons (Fsp3) is 0.333. The molecule has 0 amide bonds. The Morgan fingerprint density at radius 3 is 2.58 bits per heavy atom. The summed E-state index contributed by atoms with van der Waals surface area (Å²) in [6, 6.07) is 8.78. The summed E-state index contributed by atoms with van der Waals surface area (Å²) >= 11 is 1.58. The van der Waals surface area contributed by atoms with Gasteiger partial charge in [-0.3, -0.25) is 0 Å². The first-order valence-electron chi connectivity index (χ1n) is 6.18. The summed E-state index contributed by atoms with van der Waals surface area (Å²) in [6.07, 6.45) is 0. The van der Waals surface area contributed by atoms with E-state index in [0.29, 0.717) is 11.3 Å². The number of thiophene rings is 1. The van der Waals surface area contributed by atoms with Crippen LogP contribution in [0.3, 0.4) is 0 Å². The Kier molecular flexibility index (Phi) is 3.83. The molecular weight excluding hydrogens is 258 g/mol. The summed E-state index contributed by atoms with van der Waals surface area (Å²) in [6.45, 7) is 5.95. The molecule has 0 aliphatic carbocycles. The first kappa shape index (κ1) is 13.9. The van der Waals surface area contributed by atoms with Crippen molar-refractivity contribution in [3.63, 3.8) is 0 Å². The van der Waals surface area contributed by atoms with Gasteiger partial charge in [-0.2, -0.15) is 0 Å². The highest BCUT2D eigenvalue weighted by molar-refractivity contribution is 7.10. The van der Waals surface area contributed by atoms with E-state index in [9.17, 15) is 5.11 Å². The van der Waals surface area contributed by atoms with Crippen LogP contribution in [-0.2, 0) is 0 Å². The van der Waals surface area contributed by atoms with Gasteiger partial charge in [0.05, 0.1) is 6.04 Å². The molecule has 1 aromatic heterocycles. The largest absolute Gasteiger partial charge is 0.508 e. The van der Waals surface area contributed by atoms with Crippen LogP contribution < -0.4 is 10.5 Å². The molecule has 1 heterocycles. The SMILES string of the molecule is CC(C)(C)Oc1ccc(O)c([C@@H](N)c2cccs2)c1. The maximum absolute atomic E-state index is 9.97. The predicted octanol–water partition coefficient (Wildman–Crippen LogP) is 3.68. The molecular formula is C15H19NO2S. The Bertz CT molecular complexity index is 544. The van der Waals surface area contributed by atoms with Crippen molar-refractivity contribution in [3.05, 3.63) is 46.2 Å². The van der Waals surface area contributed by atoms with E-state index in [-0.39, 0.29) is 17.4 Å². The molecule has 2 rings (SSSR count). The van der Waals surface area contributed by atoms with Gasteiger partial charge in [0.2, 0.25) is 0 Å². The maximum Gasteiger partial charge on any atom is 0.120 e. The van der Waals surface area contributed by atoms with Crippen LogP contribution >= 0.6 is 11.3 Å². The van der Waals surface area contributed by atoms with Crippen molar-refractivity contribution in [2.75, 3.05) is 0 Å². The zero-order valence-corrected chi connectivity index (χ0v) is 12.2. The van der Waals surface area contributed by atoms with Crippen LogP contribution in [0.5, 0.6) is 11.5 Å². The van der Waals surface area contributed by atoms with E-state index in [1.165, 1.54) is 0 Å². The summed E-state index contributed by atoms with van der Waals surface area (Å²) < 4.78 is 5.80. The molecule has 19 heavy (non-hydrogen) atoms. The fourth-order valence-electron chi connectivity index (χ4n) is 1.82. The van der Waals surface area contributed by atoms with Gasteiger partial charge >= 0.3 is 0 Å². The quantitative estimate of drug-likeness (QED) is 0.899. The summed E-state index contributed by atoms with van der Waals surface area (Å²) in [4.78, 5) is 1.02. The zero-order valence-electron chi connectivity index (χ0n) is 11.4. The molecule has 3 N–H and O–H groups in total. The van der Waals surface area contributed by atoms with Gasteiger partial charge in [0.1, 0.15) is 17.1 Å². The minimum Gasteiger partial charge on any atom is -0.508 e. The van der Waals surface area contributed by atoms with Crippen molar-refractivity contribution >= 4 is 11.3 Å². The summed E-state index contributed by atoms with van der Waals surface area (Å²) in [5.41, 5.74) is 6.60. The smallest absolute Gasteiger partial charge is 0.120 e. The Morgan fingerprint density at radius 1 is 1.26 bits per heavy atom. The molecule has 102 valence electrons. The first-order chi connectivity index (χ1) is 8.87.